The average molecular weight is 487 g/mol. The number of nitrogens with zero attached hydrogens (tertiary/aromatic N) is 2. The molecule has 1 heterocycles. The molecular weight excluding hydrogens is 468 g/mol. The van der Waals surface area contributed by atoms with Crippen LogP contribution < -0.4 is 15.4 Å². The van der Waals surface area contributed by atoms with E-state index in [0.29, 0.717) is 23.2 Å². The fourth-order valence-electron chi connectivity index (χ4n) is 2.53. The summed E-state index contributed by atoms with van der Waals surface area (Å²) in [6, 6.07) is 14.6. The van der Waals surface area contributed by atoms with Crippen LogP contribution in [0.15, 0.2) is 75.9 Å². The van der Waals surface area contributed by atoms with E-state index in [4.69, 9.17) is 4.74 Å². The van der Waals surface area contributed by atoms with E-state index in [1.165, 1.54) is 11.8 Å². The second kappa shape index (κ2) is 10.7. The number of benzene rings is 2. The molecule has 0 bridgehead atoms. The van der Waals surface area contributed by atoms with E-state index in [1.54, 1.807) is 24.4 Å². The third-order valence-corrected chi connectivity index (χ3v) is 5.44. The van der Waals surface area contributed by atoms with Gasteiger partial charge in [-0.1, -0.05) is 58.5 Å². The lowest BCUT2D eigenvalue weighted by atomic mass is 10.2. The summed E-state index contributed by atoms with van der Waals surface area (Å²) in [6.07, 6.45) is 3.24. The van der Waals surface area contributed by atoms with Gasteiger partial charge < -0.3 is 15.4 Å². The number of hydrogen-bond donors (Lipinski definition) is 2. The van der Waals surface area contributed by atoms with Gasteiger partial charge in [-0.2, -0.15) is 5.10 Å². The Morgan fingerprint density at radius 1 is 1.30 bits per heavy atom. The first-order valence-corrected chi connectivity index (χ1v) is 10.7. The molecule has 2 amide bonds. The molecule has 1 fully saturated rings. The molecular formula is C21H19BrN4O3S. The normalized spacial score (nSPS) is 17.2. The molecule has 154 valence electrons. The number of carbonyl (C=O) groups is 2. The van der Waals surface area contributed by atoms with Crippen molar-refractivity contribution in [3.63, 3.8) is 0 Å². The van der Waals surface area contributed by atoms with Crippen LogP contribution >= 0.6 is 27.7 Å². The van der Waals surface area contributed by atoms with E-state index in [-0.39, 0.29) is 18.2 Å². The minimum Gasteiger partial charge on any atom is -0.489 e. The van der Waals surface area contributed by atoms with Crippen LogP contribution in [0, 0.1) is 0 Å². The zero-order chi connectivity index (χ0) is 21.3. The summed E-state index contributed by atoms with van der Waals surface area (Å²) in [5, 5.41) is 13.3. The fraction of sp³-hybridized carbons (Fsp3) is 0.143. The number of anilines is 1. The van der Waals surface area contributed by atoms with Gasteiger partial charge in [0.1, 0.15) is 17.6 Å². The largest absolute Gasteiger partial charge is 0.489 e. The maximum atomic E-state index is 12.2. The average Bonchev–Trinajstić information content (AvgIpc) is 3.07. The first-order valence-electron chi connectivity index (χ1n) is 9.02. The quantitative estimate of drug-likeness (QED) is 0.335. The van der Waals surface area contributed by atoms with Gasteiger partial charge >= 0.3 is 0 Å². The molecule has 1 aliphatic rings. The number of halogens is 1. The lowest BCUT2D eigenvalue weighted by molar-refractivity contribution is -0.122. The van der Waals surface area contributed by atoms with Crippen LogP contribution in [0.2, 0.25) is 0 Å². The molecule has 0 aliphatic carbocycles. The van der Waals surface area contributed by atoms with Crippen molar-refractivity contribution in [2.45, 2.75) is 11.7 Å². The molecule has 30 heavy (non-hydrogen) atoms. The Kier molecular flexibility index (Phi) is 7.81. The number of para-hydroxylation sites is 1. The Morgan fingerprint density at radius 3 is 2.87 bits per heavy atom. The van der Waals surface area contributed by atoms with Crippen molar-refractivity contribution in [1.82, 2.24) is 5.32 Å². The van der Waals surface area contributed by atoms with E-state index < -0.39 is 5.25 Å². The second-order valence-electron chi connectivity index (χ2n) is 6.15. The zero-order valence-corrected chi connectivity index (χ0v) is 18.3. The first-order chi connectivity index (χ1) is 14.5. The molecule has 0 spiro atoms. The van der Waals surface area contributed by atoms with Crippen molar-refractivity contribution in [1.29, 1.82) is 0 Å². The van der Waals surface area contributed by atoms with Gasteiger partial charge in [0.05, 0.1) is 6.21 Å². The molecule has 1 saturated heterocycles. The molecule has 2 aromatic rings. The molecule has 9 heteroatoms. The van der Waals surface area contributed by atoms with Crippen molar-refractivity contribution < 1.29 is 14.3 Å². The Labute approximate surface area is 186 Å². The van der Waals surface area contributed by atoms with Crippen molar-refractivity contribution >= 4 is 56.6 Å². The highest BCUT2D eigenvalue weighted by Crippen LogP contribution is 2.24. The number of ether oxygens (including phenoxy) is 1. The third kappa shape index (κ3) is 6.30. The molecule has 2 aromatic carbocycles. The third-order valence-electron chi connectivity index (χ3n) is 3.88. The maximum absolute atomic E-state index is 12.2. The van der Waals surface area contributed by atoms with Crippen molar-refractivity contribution in [3.8, 4) is 5.75 Å². The minimum absolute atomic E-state index is 0.0410. The zero-order valence-electron chi connectivity index (χ0n) is 15.9. The van der Waals surface area contributed by atoms with Crippen molar-refractivity contribution in [2.24, 2.45) is 10.2 Å². The summed E-state index contributed by atoms with van der Waals surface area (Å²) in [5.74, 6) is 0.131. The Balaban J connectivity index is 1.60. The molecule has 0 aromatic heterocycles. The maximum Gasteiger partial charge on any atom is 0.240 e. The smallest absolute Gasteiger partial charge is 0.240 e. The number of hydrogen-bond acceptors (Lipinski definition) is 6. The van der Waals surface area contributed by atoms with E-state index in [1.807, 2.05) is 36.4 Å². The van der Waals surface area contributed by atoms with Gasteiger partial charge in [0, 0.05) is 22.1 Å². The van der Waals surface area contributed by atoms with Gasteiger partial charge in [-0.25, -0.2) is 0 Å². The van der Waals surface area contributed by atoms with Crippen LogP contribution in [0.3, 0.4) is 0 Å². The van der Waals surface area contributed by atoms with E-state index in [9.17, 15) is 9.59 Å². The SMILES string of the molecule is C=CCOc1ccc(Br)cc1/C=N\N=C1\NC(=O)[C@@H](CC(=O)Nc2ccccc2)S1. The predicted octanol–water partition coefficient (Wildman–Crippen LogP) is 3.96. The van der Waals surface area contributed by atoms with Crippen LogP contribution in [0.1, 0.15) is 12.0 Å². The number of amides is 2. The van der Waals surface area contributed by atoms with Gasteiger partial charge in [-0.3, -0.25) is 9.59 Å². The number of thioether (sulfide) groups is 1. The molecule has 1 atom stereocenters. The summed E-state index contributed by atoms with van der Waals surface area (Å²) in [4.78, 5) is 24.3. The summed E-state index contributed by atoms with van der Waals surface area (Å²) in [7, 11) is 0. The van der Waals surface area contributed by atoms with E-state index >= 15 is 0 Å². The van der Waals surface area contributed by atoms with Crippen LogP contribution in [0.5, 0.6) is 5.75 Å². The summed E-state index contributed by atoms with van der Waals surface area (Å²) >= 11 is 4.59. The van der Waals surface area contributed by atoms with Crippen molar-refractivity contribution in [3.05, 3.63) is 71.2 Å². The lowest BCUT2D eigenvalue weighted by Gasteiger charge is -2.07. The Hall–Kier alpha value is -2.91. The topological polar surface area (TPSA) is 92.2 Å². The highest BCUT2D eigenvalue weighted by atomic mass is 79.9. The number of nitrogens with one attached hydrogen (secondary N) is 2. The van der Waals surface area contributed by atoms with Gasteiger partial charge in [-0.15, -0.1) is 5.10 Å². The summed E-state index contributed by atoms with van der Waals surface area (Å²) in [5.41, 5.74) is 1.41. The van der Waals surface area contributed by atoms with Gasteiger partial charge in [0.25, 0.3) is 0 Å². The first kappa shape index (κ1) is 21.8. The second-order valence-corrected chi connectivity index (χ2v) is 8.25. The predicted molar refractivity (Wildman–Crippen MR) is 124 cm³/mol. The molecule has 0 radical (unpaired) electrons. The summed E-state index contributed by atoms with van der Waals surface area (Å²) in [6.45, 7) is 4.00. The Morgan fingerprint density at radius 2 is 2.10 bits per heavy atom. The van der Waals surface area contributed by atoms with Crippen molar-refractivity contribution in [2.75, 3.05) is 11.9 Å². The van der Waals surface area contributed by atoms with Gasteiger partial charge in [0.15, 0.2) is 5.17 Å². The highest BCUT2D eigenvalue weighted by molar-refractivity contribution is 9.10. The van der Waals surface area contributed by atoms with Gasteiger partial charge in [0.2, 0.25) is 11.8 Å². The molecule has 7 nitrogen and oxygen atoms in total. The molecule has 1 aliphatic heterocycles. The van der Waals surface area contributed by atoms with Crippen LogP contribution in [0.25, 0.3) is 0 Å². The lowest BCUT2D eigenvalue weighted by Crippen LogP contribution is -2.28. The molecule has 0 unspecified atom stereocenters. The Bertz CT molecular complexity index is 995. The standard InChI is InChI=1S/C21H19BrN4O3S/c1-2-10-29-17-9-8-15(22)11-14(17)13-23-26-21-25-20(28)18(30-21)12-19(27)24-16-6-4-3-5-7-16/h2-9,11,13,18H,1,10,12H2,(H,24,27)(H,25,26,28)/b23-13-/t18-/m1/s1. The number of rotatable bonds is 8. The molecule has 0 saturated carbocycles. The molecule has 3 rings (SSSR count). The van der Waals surface area contributed by atoms with E-state index in [0.717, 1.165) is 10.0 Å². The number of amidine groups is 1. The summed E-state index contributed by atoms with van der Waals surface area (Å²) < 4.78 is 6.46. The van der Waals surface area contributed by atoms with Crippen LogP contribution in [-0.4, -0.2) is 35.1 Å². The van der Waals surface area contributed by atoms with Crippen LogP contribution in [-0.2, 0) is 9.59 Å². The fourth-order valence-corrected chi connectivity index (χ4v) is 3.84. The van der Waals surface area contributed by atoms with E-state index in [2.05, 4.69) is 43.3 Å². The number of carbonyl (C=O) groups excluding carboxylic acids is 2. The van der Waals surface area contributed by atoms with Crippen LogP contribution in [0.4, 0.5) is 5.69 Å². The van der Waals surface area contributed by atoms with Gasteiger partial charge in [-0.05, 0) is 30.3 Å². The highest BCUT2D eigenvalue weighted by Gasteiger charge is 2.32. The monoisotopic (exact) mass is 486 g/mol. The molecule has 2 N–H and O–H groups in total. The minimum atomic E-state index is -0.556.